The fourth-order valence-electron chi connectivity index (χ4n) is 4.16. The molecule has 2 aromatic carbocycles. The third-order valence-electron chi connectivity index (χ3n) is 6.00. The van der Waals surface area contributed by atoms with Gasteiger partial charge < -0.3 is 9.88 Å². The molecule has 1 saturated heterocycles. The maximum absolute atomic E-state index is 12.7. The molecule has 1 atom stereocenters. The number of benzene rings is 2. The molecule has 1 fully saturated rings. The summed E-state index contributed by atoms with van der Waals surface area (Å²) in [5, 5.41) is 1.23. The molecule has 2 heterocycles. The Hall–Kier alpha value is -2.11. The first-order valence-corrected chi connectivity index (χ1v) is 11.7. The van der Waals surface area contributed by atoms with Crippen molar-refractivity contribution in [2.75, 3.05) is 19.3 Å². The Morgan fingerprint density at radius 2 is 1.93 bits per heavy atom. The summed E-state index contributed by atoms with van der Waals surface area (Å²) in [4.78, 5) is 6.22. The second-order valence-electron chi connectivity index (χ2n) is 8.06. The van der Waals surface area contributed by atoms with Crippen molar-refractivity contribution in [1.29, 1.82) is 0 Å². The van der Waals surface area contributed by atoms with Crippen LogP contribution in [0.15, 0.2) is 53.6 Å². The minimum atomic E-state index is -3.27. The second kappa shape index (κ2) is 7.72. The summed E-state index contributed by atoms with van der Waals surface area (Å²) in [6, 6.07) is 14.0. The lowest BCUT2D eigenvalue weighted by atomic mass is 10.0. The van der Waals surface area contributed by atoms with E-state index in [0.717, 1.165) is 23.1 Å². The topological polar surface area (TPSA) is 53.2 Å². The molecule has 0 saturated carbocycles. The molecule has 0 bridgehead atoms. The van der Waals surface area contributed by atoms with Crippen LogP contribution < -0.4 is 0 Å². The predicted molar refractivity (Wildman–Crippen MR) is 115 cm³/mol. The van der Waals surface area contributed by atoms with Gasteiger partial charge in [-0.15, -0.1) is 0 Å². The average Bonchev–Trinajstić information content (AvgIpc) is 3.27. The molecule has 4 rings (SSSR count). The van der Waals surface area contributed by atoms with Crippen LogP contribution in [0.4, 0.5) is 0 Å². The van der Waals surface area contributed by atoms with Crippen molar-refractivity contribution in [2.24, 2.45) is 0 Å². The van der Waals surface area contributed by atoms with Crippen LogP contribution in [0.2, 0.25) is 0 Å². The zero-order valence-electron chi connectivity index (χ0n) is 16.6. The molecule has 148 valence electrons. The highest BCUT2D eigenvalue weighted by Crippen LogP contribution is 2.26. The molecule has 0 amide bonds. The number of likely N-dealkylation sites (N-methyl/N-ethyl adjacent to an activating group) is 1. The lowest BCUT2D eigenvalue weighted by Crippen LogP contribution is -2.26. The molecule has 1 unspecified atom stereocenters. The van der Waals surface area contributed by atoms with E-state index in [-0.39, 0.29) is 5.75 Å². The number of rotatable bonds is 6. The zero-order valence-corrected chi connectivity index (χ0v) is 17.4. The Morgan fingerprint density at radius 1 is 1.14 bits per heavy atom. The van der Waals surface area contributed by atoms with E-state index in [1.165, 1.54) is 30.3 Å². The number of nitrogens with one attached hydrogen (secondary N) is 1. The number of hydrogen-bond donors (Lipinski definition) is 1. The second-order valence-corrected chi connectivity index (χ2v) is 10.2. The Kier molecular flexibility index (Phi) is 5.30. The Morgan fingerprint density at radius 3 is 2.64 bits per heavy atom. The van der Waals surface area contributed by atoms with Gasteiger partial charge in [0.1, 0.15) is 0 Å². The summed E-state index contributed by atoms with van der Waals surface area (Å²) < 4.78 is 25.3. The standard InChI is InChI=1S/C23H28N2O2S/c1-17-5-8-21(9-6-17)28(26,27)13-11-18-7-10-23-22(14-18)19(16-24-23)15-20-4-3-12-25(20)2/h5-10,14,16,20,24H,3-4,11-13,15H2,1-2H3. The van der Waals surface area contributed by atoms with E-state index in [2.05, 4.69) is 35.3 Å². The summed E-state index contributed by atoms with van der Waals surface area (Å²) in [5.41, 5.74) is 4.60. The lowest BCUT2D eigenvalue weighted by molar-refractivity contribution is 0.310. The Bertz CT molecular complexity index is 1070. The molecular weight excluding hydrogens is 368 g/mol. The van der Waals surface area contributed by atoms with Gasteiger partial charge in [-0.25, -0.2) is 8.42 Å². The number of aromatic amines is 1. The first-order valence-electron chi connectivity index (χ1n) is 10.0. The molecule has 0 radical (unpaired) electrons. The van der Waals surface area contributed by atoms with Gasteiger partial charge in [0.25, 0.3) is 0 Å². The highest BCUT2D eigenvalue weighted by atomic mass is 32.2. The van der Waals surface area contributed by atoms with Gasteiger partial charge >= 0.3 is 0 Å². The number of H-pyrrole nitrogens is 1. The fourth-order valence-corrected chi connectivity index (χ4v) is 5.45. The first-order chi connectivity index (χ1) is 13.4. The Balaban J connectivity index is 1.51. The van der Waals surface area contributed by atoms with E-state index in [4.69, 9.17) is 0 Å². The van der Waals surface area contributed by atoms with Crippen molar-refractivity contribution in [3.63, 3.8) is 0 Å². The van der Waals surface area contributed by atoms with Crippen LogP contribution in [0, 0.1) is 6.92 Å². The molecule has 28 heavy (non-hydrogen) atoms. The van der Waals surface area contributed by atoms with Gasteiger partial charge in [0.2, 0.25) is 0 Å². The number of fused-ring (bicyclic) bond motifs is 1. The Labute approximate surface area is 167 Å². The summed E-state index contributed by atoms with van der Waals surface area (Å²) in [5.74, 6) is 0.132. The largest absolute Gasteiger partial charge is 0.361 e. The number of aromatic nitrogens is 1. The van der Waals surface area contributed by atoms with Gasteiger partial charge in [-0.3, -0.25) is 0 Å². The molecule has 3 aromatic rings. The van der Waals surface area contributed by atoms with Gasteiger partial charge in [-0.2, -0.15) is 0 Å². The third-order valence-corrected chi connectivity index (χ3v) is 7.73. The van der Waals surface area contributed by atoms with Crippen LogP contribution in [0.1, 0.15) is 29.5 Å². The number of hydrogen-bond acceptors (Lipinski definition) is 3. The zero-order chi connectivity index (χ0) is 19.7. The van der Waals surface area contributed by atoms with Gasteiger partial charge in [0.15, 0.2) is 9.84 Å². The lowest BCUT2D eigenvalue weighted by Gasteiger charge is -2.18. The van der Waals surface area contributed by atoms with Gasteiger partial charge in [0.05, 0.1) is 10.6 Å². The van der Waals surface area contributed by atoms with E-state index in [1.54, 1.807) is 12.1 Å². The molecule has 1 N–H and O–H groups in total. The molecular formula is C23H28N2O2S. The number of aryl methyl sites for hydroxylation is 2. The van der Waals surface area contributed by atoms with Crippen LogP contribution >= 0.6 is 0 Å². The van der Waals surface area contributed by atoms with Gasteiger partial charge in [-0.1, -0.05) is 23.8 Å². The van der Waals surface area contributed by atoms with Crippen molar-refractivity contribution < 1.29 is 8.42 Å². The van der Waals surface area contributed by atoms with Crippen LogP contribution in [-0.2, 0) is 22.7 Å². The minimum absolute atomic E-state index is 0.132. The predicted octanol–water partition coefficient (Wildman–Crippen LogP) is 4.13. The van der Waals surface area contributed by atoms with E-state index < -0.39 is 9.84 Å². The number of nitrogens with zero attached hydrogens (tertiary/aromatic N) is 1. The smallest absolute Gasteiger partial charge is 0.178 e. The molecule has 1 aliphatic rings. The van der Waals surface area contributed by atoms with Crippen molar-refractivity contribution in [3.8, 4) is 0 Å². The van der Waals surface area contributed by atoms with Crippen LogP contribution in [0.5, 0.6) is 0 Å². The van der Waals surface area contributed by atoms with E-state index in [9.17, 15) is 8.42 Å². The number of likely N-dealkylation sites (tertiary alicyclic amines) is 1. The molecule has 4 nitrogen and oxygen atoms in total. The summed E-state index contributed by atoms with van der Waals surface area (Å²) in [6.07, 6.45) is 6.20. The van der Waals surface area contributed by atoms with Gasteiger partial charge in [0, 0.05) is 23.1 Å². The average molecular weight is 397 g/mol. The first kappa shape index (κ1) is 19.2. The summed E-state index contributed by atoms with van der Waals surface area (Å²) in [7, 11) is -1.06. The highest BCUT2D eigenvalue weighted by Gasteiger charge is 2.22. The molecule has 5 heteroatoms. The number of sulfone groups is 1. The van der Waals surface area contributed by atoms with Crippen molar-refractivity contribution in [2.45, 2.75) is 43.5 Å². The maximum Gasteiger partial charge on any atom is 0.178 e. The normalized spacial score (nSPS) is 18.1. The van der Waals surface area contributed by atoms with Crippen LogP contribution in [0.3, 0.4) is 0 Å². The van der Waals surface area contributed by atoms with Crippen molar-refractivity contribution >= 4 is 20.7 Å². The van der Waals surface area contributed by atoms with Gasteiger partial charge in [-0.05, 0) is 81.6 Å². The fraction of sp³-hybridized carbons (Fsp3) is 0.391. The van der Waals surface area contributed by atoms with Crippen molar-refractivity contribution in [3.05, 3.63) is 65.4 Å². The van der Waals surface area contributed by atoms with Crippen LogP contribution in [0.25, 0.3) is 10.9 Å². The van der Waals surface area contributed by atoms with E-state index in [1.807, 2.05) is 25.1 Å². The maximum atomic E-state index is 12.7. The SMILES string of the molecule is Cc1ccc(S(=O)(=O)CCc2ccc3[nH]cc(CC4CCCN4C)c3c2)cc1. The van der Waals surface area contributed by atoms with Crippen LogP contribution in [-0.4, -0.2) is 43.7 Å². The molecule has 1 aliphatic heterocycles. The summed E-state index contributed by atoms with van der Waals surface area (Å²) in [6.45, 7) is 3.14. The monoisotopic (exact) mass is 396 g/mol. The van der Waals surface area contributed by atoms with E-state index in [0.29, 0.717) is 17.4 Å². The quantitative estimate of drug-likeness (QED) is 0.682. The molecule has 0 spiro atoms. The molecule has 1 aromatic heterocycles. The third kappa shape index (κ3) is 4.01. The minimum Gasteiger partial charge on any atom is -0.361 e. The van der Waals surface area contributed by atoms with E-state index >= 15 is 0 Å². The van der Waals surface area contributed by atoms with Crippen molar-refractivity contribution in [1.82, 2.24) is 9.88 Å². The molecule has 0 aliphatic carbocycles. The summed E-state index contributed by atoms with van der Waals surface area (Å²) >= 11 is 0. The highest BCUT2D eigenvalue weighted by molar-refractivity contribution is 7.91.